The summed E-state index contributed by atoms with van der Waals surface area (Å²) in [7, 11) is 1.31. The summed E-state index contributed by atoms with van der Waals surface area (Å²) in [6, 6.07) is 4.70. The topological polar surface area (TPSA) is 666 Å². The fraction of sp³-hybridized carbons (Fsp3) is 0.410. The first-order valence-electron chi connectivity index (χ1n) is 39.7. The highest BCUT2D eigenvalue weighted by molar-refractivity contribution is 6.33. The largest absolute Gasteiger partial charge is 0.508 e. The van der Waals surface area contributed by atoms with E-state index in [9.17, 15) is 91.6 Å². The van der Waals surface area contributed by atoms with Crippen molar-refractivity contribution in [1.82, 2.24) is 37.2 Å². The van der Waals surface area contributed by atoms with E-state index in [0.29, 0.717) is 0 Å². The number of aromatic hydroxyl groups is 4. The first-order valence-corrected chi connectivity index (χ1v) is 40.8. The SMILES string of the molecule is CN[C@H](C(=O)N[C@H]1C(=O)N[C@@H](c2ccc(O)c(Cl)c2)C(=O)N[C@H]2C(=O)N[C@@H]3C(=O)N[C@H](C(=O)N[C@@H](C(=O)O)c4cc(O)cc(O)c4-c4cc3ccc4O)[C@@H](O[C@H]3C[C@@H](N)[C@@H](O)[C@@H](C)O3)c3ccc(c(Cl)c3)Oc3cc2cc(c3O[C@@H]2O[C@H](CO)[C@H](O)[C@H](O)[C@H]2O)Oc2ccc(cc2Cl)[C@H]1O[C@H]1O[C@H](CO)[C@@H](O)[C@@H](O)[C@@H]1O)c1ccc(O[C@@H]2O[C@@H](C)[C@@H](O)[C@H](O)[C@H]2O)cc1. The van der Waals surface area contributed by atoms with Gasteiger partial charge in [0.15, 0.2) is 30.1 Å². The highest BCUT2D eigenvalue weighted by Gasteiger charge is 2.52. The summed E-state index contributed by atoms with van der Waals surface area (Å²) in [5, 5.41) is 206. The molecular formula is C83H89Cl3N8O34. The van der Waals surface area contributed by atoms with Crippen molar-refractivity contribution in [2.45, 2.75) is 191 Å². The molecule has 0 saturated carbocycles. The number of likely N-dealkylation sites (N-methyl/N-ethyl adjacent to an activating group) is 1. The molecule has 0 aliphatic carbocycles. The second-order valence-corrected chi connectivity index (χ2v) is 32.5. The number of halogens is 3. The Balaban J connectivity index is 0.993. The number of nitrogens with two attached hydrogens (primary N) is 1. The predicted molar refractivity (Wildman–Crippen MR) is 434 cm³/mol. The molecule has 0 aromatic heterocycles. The lowest BCUT2D eigenvalue weighted by molar-refractivity contribution is -0.313. The van der Waals surface area contributed by atoms with Crippen LogP contribution in [0.1, 0.15) is 102 Å². The zero-order valence-corrected chi connectivity index (χ0v) is 69.4. The maximum atomic E-state index is 16.7. The maximum Gasteiger partial charge on any atom is 0.330 e. The van der Waals surface area contributed by atoms with Crippen LogP contribution in [-0.4, -0.2) is 277 Å². The summed E-state index contributed by atoms with van der Waals surface area (Å²) in [5.74, 6) is -16.8. The minimum atomic E-state index is -2.50. The number of carboxylic acid groups (broad SMARTS) is 1. The first kappa shape index (κ1) is 93.4. The van der Waals surface area contributed by atoms with Crippen LogP contribution in [0.2, 0.25) is 15.1 Å². The number of nitrogens with one attached hydrogen (secondary N) is 7. The molecule has 4 saturated heterocycles. The predicted octanol–water partition coefficient (Wildman–Crippen LogP) is -1.07. The van der Waals surface area contributed by atoms with E-state index in [1.807, 2.05) is 0 Å². The molecule has 26 N–H and O–H groups in total. The number of rotatable bonds is 16. The zero-order valence-electron chi connectivity index (χ0n) is 67.1. The Morgan fingerprint density at radius 1 is 0.492 bits per heavy atom. The van der Waals surface area contributed by atoms with Gasteiger partial charge in [0.1, 0.15) is 156 Å². The lowest BCUT2D eigenvalue weighted by Crippen LogP contribution is -2.61. The van der Waals surface area contributed by atoms with Crippen LogP contribution in [0.4, 0.5) is 0 Å². The van der Waals surface area contributed by atoms with Crippen molar-refractivity contribution in [3.8, 4) is 68.6 Å². The number of phenols is 4. The van der Waals surface area contributed by atoms with Crippen molar-refractivity contribution in [3.05, 3.63) is 175 Å². The molecule has 16 rings (SSSR count). The molecule has 28 atom stereocenters. The second kappa shape index (κ2) is 38.5. The van der Waals surface area contributed by atoms with Crippen LogP contribution in [-0.2, 0) is 62.0 Å². The van der Waals surface area contributed by atoms with Gasteiger partial charge < -0.3 is 177 Å². The van der Waals surface area contributed by atoms with Crippen molar-refractivity contribution in [3.63, 3.8) is 0 Å². The van der Waals surface area contributed by atoms with Gasteiger partial charge in [-0.1, -0.05) is 71.2 Å². The summed E-state index contributed by atoms with van der Waals surface area (Å²) in [6.45, 7) is 0.761. The fourth-order valence-electron chi connectivity index (χ4n) is 15.8. The summed E-state index contributed by atoms with van der Waals surface area (Å²) in [4.78, 5) is 111. The van der Waals surface area contributed by atoms with E-state index in [2.05, 4.69) is 37.2 Å². The number of carbonyl (C=O) groups is 7. The van der Waals surface area contributed by atoms with Crippen LogP contribution >= 0.6 is 34.8 Å². The Bertz CT molecular complexity index is 5350. The van der Waals surface area contributed by atoms with Crippen LogP contribution in [0, 0.1) is 0 Å². The lowest BCUT2D eigenvalue weighted by Gasteiger charge is -2.42. The summed E-state index contributed by atoms with van der Waals surface area (Å²) >= 11 is 21.3. The van der Waals surface area contributed by atoms with Gasteiger partial charge in [0.05, 0.1) is 46.6 Å². The molecule has 7 aromatic carbocycles. The molecular weight excluding hydrogens is 1760 g/mol. The van der Waals surface area contributed by atoms with E-state index >= 15 is 28.8 Å². The van der Waals surface area contributed by atoms with Gasteiger partial charge >= 0.3 is 5.97 Å². The Morgan fingerprint density at radius 2 is 1.00 bits per heavy atom. The van der Waals surface area contributed by atoms with E-state index < -0.39 is 326 Å². The monoisotopic (exact) mass is 1850 g/mol. The minimum Gasteiger partial charge on any atom is -0.508 e. The van der Waals surface area contributed by atoms with Gasteiger partial charge in [-0.3, -0.25) is 28.8 Å². The van der Waals surface area contributed by atoms with Crippen LogP contribution in [0.5, 0.6) is 57.5 Å². The molecule has 4 fully saturated rings. The normalized spacial score (nSPS) is 32.3. The van der Waals surface area contributed by atoms with Crippen molar-refractivity contribution in [2.75, 3.05) is 20.3 Å². The quantitative estimate of drug-likeness (QED) is 0.0548. The average molecular weight is 1850 g/mol. The summed E-state index contributed by atoms with van der Waals surface area (Å²) in [5.41, 5.74) is 2.89. The van der Waals surface area contributed by atoms with Gasteiger partial charge in [0.2, 0.25) is 53.8 Å². The van der Waals surface area contributed by atoms with E-state index in [1.54, 1.807) is 0 Å². The Labute approximate surface area is 739 Å². The molecule has 128 heavy (non-hydrogen) atoms. The van der Waals surface area contributed by atoms with Crippen LogP contribution in [0.25, 0.3) is 11.1 Å². The third kappa shape index (κ3) is 19.0. The molecule has 7 aromatic rings. The Morgan fingerprint density at radius 3 is 1.56 bits per heavy atom. The first-order chi connectivity index (χ1) is 60.8. The highest BCUT2D eigenvalue weighted by Crippen LogP contribution is 2.51. The van der Waals surface area contributed by atoms with Gasteiger partial charge in [-0.15, -0.1) is 0 Å². The van der Waals surface area contributed by atoms with Gasteiger partial charge in [-0.25, -0.2) is 4.79 Å². The molecule has 9 aliphatic rings. The number of hydrogen-bond donors (Lipinski definition) is 25. The smallest absolute Gasteiger partial charge is 0.330 e. The molecule has 9 aliphatic heterocycles. The Hall–Kier alpha value is -10.7. The molecule has 45 heteroatoms. The molecule has 0 unspecified atom stereocenters. The molecule has 11 bridgehead atoms. The number of aliphatic hydroxyl groups is 12. The average Bonchev–Trinajstić information content (AvgIpc) is 0.760. The number of hydrogen-bond acceptors (Lipinski definition) is 35. The number of carboxylic acids is 1. The maximum absolute atomic E-state index is 16.7. The lowest BCUT2D eigenvalue weighted by atomic mass is 9.89. The number of amides is 6. The van der Waals surface area contributed by atoms with Crippen molar-refractivity contribution < 1.29 is 168 Å². The number of fused-ring (bicyclic) bond motifs is 15. The molecule has 0 spiro atoms. The van der Waals surface area contributed by atoms with Gasteiger partial charge in [-0.2, -0.15) is 0 Å². The number of phenolic OH excluding ortho intramolecular Hbond substituents is 4. The third-order valence-corrected chi connectivity index (χ3v) is 23.7. The van der Waals surface area contributed by atoms with Crippen molar-refractivity contribution >= 4 is 76.2 Å². The van der Waals surface area contributed by atoms with Gasteiger partial charge in [-0.05, 0) is 133 Å². The number of carbonyl (C=O) groups excluding carboxylic acids is 6. The second-order valence-electron chi connectivity index (χ2n) is 31.3. The Kier molecular flexibility index (Phi) is 28.1. The standard InChI is InChI=1S/C83H89Cl3N8O34/c1-27-61(101)42(87)24-52(119-27)126-71-32-8-14-46(40(85)18-32)122-48-20-34-21-49(73(48)128-83-70(110)67(107)64(104)51(26-96)125-83)123-47-15-9-33(19-41(47)86)72(127-82-69(109)66(106)63(103)50(25-95)124-82)60(93-74(111)54(88-3)29-4-10-36(11-5-29)121-81-68(108)65(105)62(102)28(2)120-81)78(115)90-56(31-7-13-44(99)39(84)17-31)75(112)91-57(34)77(114)89-55-30-6-12-43(98)37(16-30)53-38(22-35(97)23-45(53)100)58(80(117)118)92-79(116)59(71)94-76(55)113/h4-23,27-28,42,50-52,54-72,81-83,88,95-110H,24-26,87H2,1-3H3,(H,89,114)(H,90,115)(H,91,112)(H,92,116)(H,93,111)(H,94,113)(H,117,118)/t27-,28+,42-,50-,51-,52+,54+,55+,56+,57-,58-,59+,60-,61+,62-,63-,64+,65+,66-,67+,68-,69+,70-,71+,72-,81+,82-,83+/m1/s1. The van der Waals surface area contributed by atoms with Gasteiger partial charge in [0, 0.05) is 35.2 Å². The highest BCUT2D eigenvalue weighted by atomic mass is 35.5. The molecule has 9 heterocycles. The molecule has 42 nitrogen and oxygen atoms in total. The number of ether oxygens (including phenoxy) is 10. The summed E-state index contributed by atoms with van der Waals surface area (Å²) in [6.07, 6.45) is -37.0. The van der Waals surface area contributed by atoms with Crippen LogP contribution < -0.4 is 61.9 Å². The zero-order chi connectivity index (χ0) is 92.2. The number of aliphatic hydroxyl groups excluding tert-OH is 12. The molecule has 686 valence electrons. The minimum absolute atomic E-state index is 0.0121. The van der Waals surface area contributed by atoms with E-state index in [4.69, 9.17) is 87.9 Å². The number of benzene rings is 7. The fourth-order valence-corrected chi connectivity index (χ4v) is 16.4. The third-order valence-electron chi connectivity index (χ3n) is 22.8. The molecule has 6 amide bonds. The van der Waals surface area contributed by atoms with E-state index in [1.165, 1.54) is 51.2 Å². The van der Waals surface area contributed by atoms with Crippen LogP contribution in [0.15, 0.2) is 121 Å². The van der Waals surface area contributed by atoms with E-state index in [0.717, 1.165) is 91.0 Å². The summed E-state index contributed by atoms with van der Waals surface area (Å²) < 4.78 is 62.3. The van der Waals surface area contributed by atoms with Crippen molar-refractivity contribution in [2.24, 2.45) is 5.73 Å². The van der Waals surface area contributed by atoms with Crippen LogP contribution in [0.3, 0.4) is 0 Å². The molecule has 0 radical (unpaired) electrons. The van der Waals surface area contributed by atoms with Crippen molar-refractivity contribution in [1.29, 1.82) is 0 Å². The van der Waals surface area contributed by atoms with Gasteiger partial charge in [0.25, 0.3) is 0 Å². The number of aliphatic carboxylic acids is 1. The van der Waals surface area contributed by atoms with E-state index in [-0.39, 0.29) is 28.9 Å².